The van der Waals surface area contributed by atoms with E-state index in [0.717, 1.165) is 17.8 Å². The van der Waals surface area contributed by atoms with Gasteiger partial charge in [0, 0.05) is 19.3 Å². The van der Waals surface area contributed by atoms with Crippen molar-refractivity contribution in [2.24, 2.45) is 0 Å². The molecule has 1 aromatic carbocycles. The van der Waals surface area contributed by atoms with Crippen molar-refractivity contribution in [1.29, 1.82) is 0 Å². The number of aromatic nitrogens is 3. The highest BCUT2D eigenvalue weighted by Crippen LogP contribution is 2.31. The van der Waals surface area contributed by atoms with Gasteiger partial charge in [-0.25, -0.2) is 4.98 Å². The number of nitrogens with zero attached hydrogens (tertiary/aromatic N) is 4. The van der Waals surface area contributed by atoms with Crippen LogP contribution in [0.1, 0.15) is 39.8 Å². The number of hydrogen-bond donors (Lipinski definition) is 1. The number of fused-ring (bicyclic) bond motifs is 1. The Kier molecular flexibility index (Phi) is 5.87. The van der Waals surface area contributed by atoms with Crippen LogP contribution in [0.15, 0.2) is 47.7 Å². The number of pyridine rings is 1. The van der Waals surface area contributed by atoms with Crippen molar-refractivity contribution in [2.75, 3.05) is 6.61 Å². The summed E-state index contributed by atoms with van der Waals surface area (Å²) in [7, 11) is 0. The monoisotopic (exact) mass is 460 g/mol. The van der Waals surface area contributed by atoms with E-state index in [2.05, 4.69) is 4.98 Å². The molecule has 0 saturated carbocycles. The number of halogens is 3. The summed E-state index contributed by atoms with van der Waals surface area (Å²) in [4.78, 5) is 31.9. The molecule has 1 atom stereocenters. The smallest absolute Gasteiger partial charge is 0.394 e. The van der Waals surface area contributed by atoms with Gasteiger partial charge in [0.05, 0.1) is 30.2 Å². The molecule has 0 aliphatic carbocycles. The summed E-state index contributed by atoms with van der Waals surface area (Å²) >= 11 is 0. The third-order valence-electron chi connectivity index (χ3n) is 5.77. The van der Waals surface area contributed by atoms with Gasteiger partial charge in [0.1, 0.15) is 11.4 Å². The number of rotatable bonds is 5. The molecule has 1 unspecified atom stereocenters. The second-order valence-corrected chi connectivity index (χ2v) is 8.12. The highest BCUT2D eigenvalue weighted by molar-refractivity contribution is 5.93. The van der Waals surface area contributed by atoms with Crippen molar-refractivity contribution in [3.63, 3.8) is 0 Å². The number of aryl methyl sites for hydroxylation is 2. The number of benzene rings is 1. The van der Waals surface area contributed by atoms with Gasteiger partial charge < -0.3 is 14.6 Å². The molecule has 3 aromatic rings. The Labute approximate surface area is 187 Å². The van der Waals surface area contributed by atoms with Crippen molar-refractivity contribution < 1.29 is 23.1 Å². The lowest BCUT2D eigenvalue weighted by Gasteiger charge is -2.36. The normalized spacial score (nSPS) is 16.2. The van der Waals surface area contributed by atoms with E-state index in [1.165, 1.54) is 27.9 Å². The van der Waals surface area contributed by atoms with Crippen LogP contribution >= 0.6 is 0 Å². The van der Waals surface area contributed by atoms with Crippen LogP contribution in [0.3, 0.4) is 0 Å². The molecule has 0 bridgehead atoms. The molecule has 174 valence electrons. The highest BCUT2D eigenvalue weighted by atomic mass is 19.4. The van der Waals surface area contributed by atoms with Crippen molar-refractivity contribution >= 4 is 5.91 Å². The number of amides is 1. The molecule has 2 aromatic heterocycles. The predicted molar refractivity (Wildman–Crippen MR) is 114 cm³/mol. The summed E-state index contributed by atoms with van der Waals surface area (Å²) in [6.07, 6.45) is -0.544. The molecule has 0 spiro atoms. The van der Waals surface area contributed by atoms with Gasteiger partial charge in [-0.05, 0) is 43.2 Å². The van der Waals surface area contributed by atoms with E-state index in [9.17, 15) is 27.9 Å². The van der Waals surface area contributed by atoms with Gasteiger partial charge >= 0.3 is 6.18 Å². The number of hydrogen-bond acceptors (Lipinski definition) is 4. The Hall–Kier alpha value is -3.40. The summed E-state index contributed by atoms with van der Waals surface area (Å²) < 4.78 is 42.6. The average Bonchev–Trinajstić information content (AvgIpc) is 3.24. The molecular weight excluding hydrogens is 437 g/mol. The van der Waals surface area contributed by atoms with Crippen molar-refractivity contribution in [2.45, 2.75) is 45.6 Å². The SMILES string of the molecule is CCc1cn(-c2ccc3n(c2=O)CC(CO)N(Cc2cc(C)cc(C(F)(F)F)c2)C3=O)cn1. The minimum atomic E-state index is -4.51. The molecule has 4 rings (SSSR count). The van der Waals surface area contributed by atoms with Crippen LogP contribution in [-0.4, -0.2) is 42.7 Å². The Morgan fingerprint density at radius 3 is 2.58 bits per heavy atom. The fourth-order valence-electron chi connectivity index (χ4n) is 4.10. The first-order chi connectivity index (χ1) is 15.6. The Morgan fingerprint density at radius 2 is 1.94 bits per heavy atom. The summed E-state index contributed by atoms with van der Waals surface area (Å²) in [5.74, 6) is -0.529. The quantitative estimate of drug-likeness (QED) is 0.635. The molecule has 3 heterocycles. The maximum Gasteiger partial charge on any atom is 0.416 e. The zero-order chi connectivity index (χ0) is 23.9. The van der Waals surface area contributed by atoms with Crippen molar-refractivity contribution in [1.82, 2.24) is 19.0 Å². The van der Waals surface area contributed by atoms with E-state index < -0.39 is 35.9 Å². The zero-order valence-electron chi connectivity index (χ0n) is 18.1. The van der Waals surface area contributed by atoms with E-state index in [1.807, 2.05) is 6.92 Å². The van der Waals surface area contributed by atoms with E-state index in [1.54, 1.807) is 23.8 Å². The number of carbonyl (C=O) groups excluding carboxylic acids is 1. The van der Waals surface area contributed by atoms with Gasteiger partial charge in [0.15, 0.2) is 0 Å². The van der Waals surface area contributed by atoms with Crippen LogP contribution in [0.4, 0.5) is 13.2 Å². The van der Waals surface area contributed by atoms with E-state index in [4.69, 9.17) is 0 Å². The van der Waals surface area contributed by atoms with E-state index in [0.29, 0.717) is 23.2 Å². The molecule has 0 saturated heterocycles. The highest BCUT2D eigenvalue weighted by Gasteiger charge is 2.35. The molecule has 7 nitrogen and oxygen atoms in total. The standard InChI is InChI=1S/C23H23F3N4O3/c1-3-17-10-28(13-27-17)19-4-5-20-22(33)29(18(12-31)11-30(20)21(19)32)9-15-6-14(2)7-16(8-15)23(24,25)26/h4-8,10,13,18,31H,3,9,11-12H2,1-2H3. The number of alkyl halides is 3. The van der Waals surface area contributed by atoms with E-state index >= 15 is 0 Å². The van der Waals surface area contributed by atoms with Crippen LogP contribution < -0.4 is 5.56 Å². The second kappa shape index (κ2) is 8.51. The first-order valence-corrected chi connectivity index (χ1v) is 10.5. The van der Waals surface area contributed by atoms with E-state index in [-0.39, 0.29) is 18.8 Å². The maximum atomic E-state index is 13.2. The number of carbonyl (C=O) groups is 1. The molecule has 0 radical (unpaired) electrons. The Morgan fingerprint density at radius 1 is 1.18 bits per heavy atom. The molecular formula is C23H23F3N4O3. The lowest BCUT2D eigenvalue weighted by atomic mass is 10.0. The second-order valence-electron chi connectivity index (χ2n) is 8.12. The predicted octanol–water partition coefficient (Wildman–Crippen LogP) is 2.94. The minimum absolute atomic E-state index is 0.0253. The largest absolute Gasteiger partial charge is 0.416 e. The van der Waals surface area contributed by atoms with Gasteiger partial charge in [-0.3, -0.25) is 14.2 Å². The zero-order valence-corrected chi connectivity index (χ0v) is 18.1. The fraction of sp³-hybridized carbons (Fsp3) is 0.348. The first-order valence-electron chi connectivity index (χ1n) is 10.5. The number of imidazole rings is 1. The molecule has 0 fully saturated rings. The Balaban J connectivity index is 1.70. The fourth-order valence-corrected chi connectivity index (χ4v) is 4.10. The number of aliphatic hydroxyl groups is 1. The minimum Gasteiger partial charge on any atom is -0.394 e. The first kappa shape index (κ1) is 22.8. The van der Waals surface area contributed by atoms with Crippen LogP contribution in [0, 0.1) is 6.92 Å². The van der Waals surface area contributed by atoms with Gasteiger partial charge in [0.25, 0.3) is 11.5 Å². The number of aliphatic hydroxyl groups excluding tert-OH is 1. The molecule has 1 aliphatic rings. The Bertz CT molecular complexity index is 1260. The third kappa shape index (κ3) is 4.30. The molecule has 1 amide bonds. The van der Waals surface area contributed by atoms with Gasteiger partial charge in [0.2, 0.25) is 0 Å². The summed E-state index contributed by atoms with van der Waals surface area (Å²) in [6.45, 7) is 2.96. The topological polar surface area (TPSA) is 80.4 Å². The summed E-state index contributed by atoms with van der Waals surface area (Å²) in [5, 5.41) is 9.93. The van der Waals surface area contributed by atoms with Crippen LogP contribution in [-0.2, 0) is 25.7 Å². The van der Waals surface area contributed by atoms with Crippen LogP contribution in [0.25, 0.3) is 5.69 Å². The maximum absolute atomic E-state index is 13.2. The van der Waals surface area contributed by atoms with Gasteiger partial charge in [-0.2, -0.15) is 13.2 Å². The average molecular weight is 460 g/mol. The summed E-state index contributed by atoms with van der Waals surface area (Å²) in [6, 6.07) is 5.90. The van der Waals surface area contributed by atoms with Crippen molar-refractivity contribution in [3.8, 4) is 5.69 Å². The third-order valence-corrected chi connectivity index (χ3v) is 5.77. The van der Waals surface area contributed by atoms with Crippen LogP contribution in [0.2, 0.25) is 0 Å². The molecule has 10 heteroatoms. The lowest BCUT2D eigenvalue weighted by Crippen LogP contribution is -2.52. The molecule has 33 heavy (non-hydrogen) atoms. The van der Waals surface area contributed by atoms with Crippen molar-refractivity contribution in [3.05, 3.63) is 81.3 Å². The van der Waals surface area contributed by atoms with Gasteiger partial charge in [-0.15, -0.1) is 0 Å². The summed E-state index contributed by atoms with van der Waals surface area (Å²) in [5.41, 5.74) is 0.753. The molecule has 1 N–H and O–H groups in total. The lowest BCUT2D eigenvalue weighted by molar-refractivity contribution is -0.137. The van der Waals surface area contributed by atoms with Gasteiger partial charge in [-0.1, -0.05) is 18.6 Å². The van der Waals surface area contributed by atoms with Crippen LogP contribution in [0.5, 0.6) is 0 Å². The molecule has 1 aliphatic heterocycles.